The maximum Gasteiger partial charge on any atom is 0.255 e. The topological polar surface area (TPSA) is 79.2 Å². The first kappa shape index (κ1) is 28.1. The summed E-state index contributed by atoms with van der Waals surface area (Å²) in [6.45, 7) is 4.73. The van der Waals surface area contributed by atoms with Crippen molar-refractivity contribution in [3.8, 4) is 5.69 Å². The summed E-state index contributed by atoms with van der Waals surface area (Å²) in [4.78, 5) is 13.5. The van der Waals surface area contributed by atoms with E-state index in [1.807, 2.05) is 68.4 Å². The molecule has 39 heavy (non-hydrogen) atoms. The summed E-state index contributed by atoms with van der Waals surface area (Å²) >= 11 is 0. The van der Waals surface area contributed by atoms with Gasteiger partial charge in [0.2, 0.25) is 0 Å². The van der Waals surface area contributed by atoms with E-state index in [2.05, 4.69) is 15.7 Å². The van der Waals surface area contributed by atoms with Crippen molar-refractivity contribution in [2.24, 2.45) is 0 Å². The molecule has 8 heteroatoms. The number of aliphatic hydroxyl groups is 1. The number of hydrogen-bond donors (Lipinski definition) is 3. The fraction of sp³-hybridized carbons (Fsp3) is 0.290. The molecule has 3 N–H and O–H groups in total. The van der Waals surface area contributed by atoms with Crippen LogP contribution in [-0.2, 0) is 19.4 Å². The molecule has 0 aliphatic rings. The molecule has 1 aromatic heterocycles. The Morgan fingerprint density at radius 3 is 2.44 bits per heavy atom. The quantitative estimate of drug-likeness (QED) is 0.243. The predicted molar refractivity (Wildman–Crippen MR) is 148 cm³/mol. The average molecular weight is 533 g/mol. The molecule has 0 saturated carbocycles. The highest BCUT2D eigenvalue weighted by Gasteiger charge is 2.25. The molecular formula is C31H34F2N4O2. The van der Waals surface area contributed by atoms with Gasteiger partial charge in [0.05, 0.1) is 35.3 Å². The average Bonchev–Trinajstić information content (AvgIpc) is 3.32. The summed E-state index contributed by atoms with van der Waals surface area (Å²) in [6, 6.07) is 20.0. The molecule has 0 unspecified atom stereocenters. The second-order valence-corrected chi connectivity index (χ2v) is 9.75. The van der Waals surface area contributed by atoms with Crippen molar-refractivity contribution in [2.75, 3.05) is 6.54 Å². The first-order valence-electron chi connectivity index (χ1n) is 13.2. The van der Waals surface area contributed by atoms with Crippen LogP contribution in [0.2, 0.25) is 0 Å². The summed E-state index contributed by atoms with van der Waals surface area (Å²) in [5.41, 5.74) is 4.52. The van der Waals surface area contributed by atoms with E-state index in [1.165, 1.54) is 18.3 Å². The summed E-state index contributed by atoms with van der Waals surface area (Å²) in [5, 5.41) is 21.7. The van der Waals surface area contributed by atoms with Crippen LogP contribution in [0.15, 0.2) is 79.0 Å². The number of aliphatic hydroxyl groups excluding tert-OH is 1. The molecule has 4 aromatic rings. The zero-order valence-electron chi connectivity index (χ0n) is 22.2. The molecule has 1 amide bonds. The van der Waals surface area contributed by atoms with Gasteiger partial charge in [0.25, 0.3) is 5.91 Å². The van der Waals surface area contributed by atoms with Crippen molar-refractivity contribution in [3.05, 3.63) is 119 Å². The van der Waals surface area contributed by atoms with Crippen LogP contribution in [0.25, 0.3) is 5.69 Å². The third-order valence-electron chi connectivity index (χ3n) is 6.53. The first-order valence-corrected chi connectivity index (χ1v) is 13.2. The van der Waals surface area contributed by atoms with Crippen LogP contribution in [-0.4, -0.2) is 39.5 Å². The summed E-state index contributed by atoms with van der Waals surface area (Å²) < 4.78 is 29.6. The van der Waals surface area contributed by atoms with E-state index in [-0.39, 0.29) is 13.0 Å². The third-order valence-corrected chi connectivity index (χ3v) is 6.53. The summed E-state index contributed by atoms with van der Waals surface area (Å²) in [6.07, 6.45) is 1.97. The molecule has 0 spiro atoms. The number of rotatable bonds is 12. The molecule has 0 saturated heterocycles. The Bertz CT molecular complexity index is 1370. The van der Waals surface area contributed by atoms with E-state index in [9.17, 15) is 18.7 Å². The lowest BCUT2D eigenvalue weighted by molar-refractivity contribution is 0.0829. The number of benzene rings is 3. The van der Waals surface area contributed by atoms with Gasteiger partial charge in [-0.05, 0) is 55.2 Å². The number of carbonyl (C=O) groups is 1. The molecule has 4 rings (SSSR count). The van der Waals surface area contributed by atoms with Crippen LogP contribution in [0.5, 0.6) is 0 Å². The fourth-order valence-corrected chi connectivity index (χ4v) is 4.67. The Morgan fingerprint density at radius 2 is 1.74 bits per heavy atom. The molecule has 0 radical (unpaired) electrons. The van der Waals surface area contributed by atoms with Crippen LogP contribution in [0.1, 0.15) is 46.1 Å². The van der Waals surface area contributed by atoms with Crippen molar-refractivity contribution >= 4 is 5.91 Å². The SMILES string of the molecule is CCCc1c(C(=O)N[C@@H](Cc2cc(F)cc(F)c2)[C@H](O)CNCc2cccc(C)c2)cnn1-c1ccccc1. The van der Waals surface area contributed by atoms with Crippen LogP contribution < -0.4 is 10.6 Å². The van der Waals surface area contributed by atoms with E-state index >= 15 is 0 Å². The lowest BCUT2D eigenvalue weighted by Crippen LogP contribution is -2.48. The Kier molecular flexibility index (Phi) is 9.57. The van der Waals surface area contributed by atoms with Gasteiger partial charge in [-0.25, -0.2) is 13.5 Å². The summed E-state index contributed by atoms with van der Waals surface area (Å²) in [5.74, 6) is -1.83. The second kappa shape index (κ2) is 13.3. The van der Waals surface area contributed by atoms with Crippen LogP contribution >= 0.6 is 0 Å². The Hall–Kier alpha value is -3.88. The maximum atomic E-state index is 13.9. The van der Waals surface area contributed by atoms with Gasteiger partial charge in [0.15, 0.2) is 0 Å². The van der Waals surface area contributed by atoms with E-state index in [0.717, 1.165) is 35.0 Å². The van der Waals surface area contributed by atoms with Crippen LogP contribution in [0, 0.1) is 18.6 Å². The minimum absolute atomic E-state index is 0.0453. The molecule has 0 bridgehead atoms. The molecular weight excluding hydrogens is 498 g/mol. The maximum absolute atomic E-state index is 13.9. The molecule has 6 nitrogen and oxygen atoms in total. The lowest BCUT2D eigenvalue weighted by atomic mass is 9.99. The van der Waals surface area contributed by atoms with Gasteiger partial charge in [0.1, 0.15) is 11.6 Å². The molecule has 1 heterocycles. The molecule has 204 valence electrons. The molecule has 2 atom stereocenters. The fourth-order valence-electron chi connectivity index (χ4n) is 4.67. The highest BCUT2D eigenvalue weighted by molar-refractivity contribution is 5.95. The minimum Gasteiger partial charge on any atom is -0.390 e. The van der Waals surface area contributed by atoms with Gasteiger partial charge in [-0.1, -0.05) is 61.4 Å². The van der Waals surface area contributed by atoms with Gasteiger partial charge in [-0.15, -0.1) is 0 Å². The smallest absolute Gasteiger partial charge is 0.255 e. The zero-order chi connectivity index (χ0) is 27.8. The molecule has 0 aliphatic heterocycles. The van der Waals surface area contributed by atoms with Crippen molar-refractivity contribution in [3.63, 3.8) is 0 Å². The van der Waals surface area contributed by atoms with Gasteiger partial charge in [0, 0.05) is 19.2 Å². The molecule has 0 aliphatic carbocycles. The largest absolute Gasteiger partial charge is 0.390 e. The number of nitrogens with zero attached hydrogens (tertiary/aromatic N) is 2. The second-order valence-electron chi connectivity index (χ2n) is 9.75. The number of para-hydroxylation sites is 1. The van der Waals surface area contributed by atoms with Crippen molar-refractivity contribution in [1.29, 1.82) is 0 Å². The number of amides is 1. The number of aromatic nitrogens is 2. The monoisotopic (exact) mass is 532 g/mol. The zero-order valence-corrected chi connectivity index (χ0v) is 22.2. The van der Waals surface area contributed by atoms with E-state index in [0.29, 0.717) is 24.1 Å². The third kappa shape index (κ3) is 7.59. The van der Waals surface area contributed by atoms with Gasteiger partial charge in [-0.3, -0.25) is 4.79 Å². The molecule has 3 aromatic carbocycles. The number of hydrogen-bond acceptors (Lipinski definition) is 4. The van der Waals surface area contributed by atoms with Crippen molar-refractivity contribution in [1.82, 2.24) is 20.4 Å². The van der Waals surface area contributed by atoms with Gasteiger partial charge in [-0.2, -0.15) is 5.10 Å². The Balaban J connectivity index is 1.54. The predicted octanol–water partition coefficient (Wildman–Crippen LogP) is 4.90. The van der Waals surface area contributed by atoms with E-state index in [4.69, 9.17) is 0 Å². The Morgan fingerprint density at radius 1 is 1.00 bits per heavy atom. The number of halogens is 2. The van der Waals surface area contributed by atoms with Crippen molar-refractivity contribution < 1.29 is 18.7 Å². The van der Waals surface area contributed by atoms with Crippen LogP contribution in [0.3, 0.4) is 0 Å². The van der Waals surface area contributed by atoms with E-state index in [1.54, 1.807) is 4.68 Å². The first-order chi connectivity index (χ1) is 18.8. The number of aryl methyl sites for hydroxylation is 1. The standard InChI is InChI=1S/C31H34F2N4O2/c1-3-8-29-27(19-35-37(29)26-11-5-4-6-12-26)31(39)36-28(16-23-14-24(32)17-25(33)15-23)30(38)20-34-18-22-10-7-9-21(2)13-22/h4-7,9-15,17,19,28,30,34,38H,3,8,16,18,20H2,1-2H3,(H,36,39)/t28-,30+/m0/s1. The van der Waals surface area contributed by atoms with Gasteiger partial charge >= 0.3 is 0 Å². The van der Waals surface area contributed by atoms with Crippen LogP contribution in [0.4, 0.5) is 8.78 Å². The van der Waals surface area contributed by atoms with Crippen molar-refractivity contribution in [2.45, 2.75) is 51.8 Å². The molecule has 0 fully saturated rings. The highest BCUT2D eigenvalue weighted by atomic mass is 19.1. The highest BCUT2D eigenvalue weighted by Crippen LogP contribution is 2.18. The Labute approximate surface area is 227 Å². The normalized spacial score (nSPS) is 12.7. The number of carbonyl (C=O) groups excluding carboxylic acids is 1. The van der Waals surface area contributed by atoms with Gasteiger partial charge < -0.3 is 15.7 Å². The number of nitrogens with one attached hydrogen (secondary N) is 2. The van der Waals surface area contributed by atoms with E-state index < -0.39 is 29.7 Å². The lowest BCUT2D eigenvalue weighted by Gasteiger charge is -2.25. The minimum atomic E-state index is -1.02. The summed E-state index contributed by atoms with van der Waals surface area (Å²) in [7, 11) is 0.